The molecule has 0 radical (unpaired) electrons. The summed E-state index contributed by atoms with van der Waals surface area (Å²) in [6.45, 7) is 1.97. The van der Waals surface area contributed by atoms with Crippen LogP contribution in [0.2, 0.25) is 0 Å². The highest BCUT2D eigenvalue weighted by atomic mass is 16.3. The van der Waals surface area contributed by atoms with E-state index < -0.39 is 0 Å². The van der Waals surface area contributed by atoms with Gasteiger partial charge < -0.3 is 9.73 Å². The summed E-state index contributed by atoms with van der Waals surface area (Å²) < 4.78 is 7.02. The van der Waals surface area contributed by atoms with Gasteiger partial charge in [-0.05, 0) is 20.0 Å². The van der Waals surface area contributed by atoms with Gasteiger partial charge in [-0.15, -0.1) is 5.10 Å². The molecule has 5 nitrogen and oxygen atoms in total. The molecule has 0 saturated heterocycles. The summed E-state index contributed by atoms with van der Waals surface area (Å²) in [5.74, 6) is 0.947. The summed E-state index contributed by atoms with van der Waals surface area (Å²) in [6, 6.07) is 2.21. The SMILES string of the molecule is CNC(Cc1cn(C)nn1)c1ccoc1C. The Kier molecular flexibility index (Phi) is 3.05. The molecular weight excluding hydrogens is 204 g/mol. The minimum atomic E-state index is 0.218. The first-order valence-corrected chi connectivity index (χ1v) is 5.27. The van der Waals surface area contributed by atoms with Crippen LogP contribution in [0.1, 0.15) is 23.1 Å². The molecular formula is C11H16N4O. The van der Waals surface area contributed by atoms with Gasteiger partial charge in [-0.3, -0.25) is 4.68 Å². The van der Waals surface area contributed by atoms with Crippen LogP contribution in [0.15, 0.2) is 22.9 Å². The molecule has 86 valence electrons. The second-order valence-corrected chi connectivity index (χ2v) is 3.86. The van der Waals surface area contributed by atoms with Crippen molar-refractivity contribution in [3.05, 3.63) is 35.5 Å². The molecule has 2 aromatic heterocycles. The lowest BCUT2D eigenvalue weighted by atomic mass is 10.0. The fourth-order valence-corrected chi connectivity index (χ4v) is 1.82. The van der Waals surface area contributed by atoms with Gasteiger partial charge in [0.2, 0.25) is 0 Å². The largest absolute Gasteiger partial charge is 0.469 e. The van der Waals surface area contributed by atoms with Crippen molar-refractivity contribution >= 4 is 0 Å². The van der Waals surface area contributed by atoms with Crippen LogP contribution in [-0.4, -0.2) is 22.0 Å². The topological polar surface area (TPSA) is 55.9 Å². The van der Waals surface area contributed by atoms with Crippen LogP contribution in [0.3, 0.4) is 0 Å². The van der Waals surface area contributed by atoms with Crippen LogP contribution in [0.4, 0.5) is 0 Å². The van der Waals surface area contributed by atoms with Crippen molar-refractivity contribution in [2.45, 2.75) is 19.4 Å². The normalized spacial score (nSPS) is 12.9. The number of nitrogens with one attached hydrogen (secondary N) is 1. The molecule has 5 heteroatoms. The third-order valence-electron chi connectivity index (χ3n) is 2.69. The lowest BCUT2D eigenvalue weighted by Crippen LogP contribution is -2.19. The average Bonchev–Trinajstić information content (AvgIpc) is 2.84. The van der Waals surface area contributed by atoms with Crippen molar-refractivity contribution in [3.63, 3.8) is 0 Å². The first-order chi connectivity index (χ1) is 7.70. The molecule has 0 aromatic carbocycles. The number of hydrogen-bond acceptors (Lipinski definition) is 4. The van der Waals surface area contributed by atoms with Crippen molar-refractivity contribution in [3.8, 4) is 0 Å². The molecule has 1 atom stereocenters. The minimum absolute atomic E-state index is 0.218. The van der Waals surface area contributed by atoms with Gasteiger partial charge >= 0.3 is 0 Å². The van der Waals surface area contributed by atoms with Crippen molar-refractivity contribution in [2.75, 3.05) is 7.05 Å². The zero-order valence-corrected chi connectivity index (χ0v) is 9.77. The van der Waals surface area contributed by atoms with E-state index in [-0.39, 0.29) is 6.04 Å². The fraction of sp³-hybridized carbons (Fsp3) is 0.455. The van der Waals surface area contributed by atoms with Crippen LogP contribution in [0, 0.1) is 6.92 Å². The van der Waals surface area contributed by atoms with E-state index >= 15 is 0 Å². The number of likely N-dealkylation sites (N-methyl/N-ethyl adjacent to an activating group) is 1. The second-order valence-electron chi connectivity index (χ2n) is 3.86. The van der Waals surface area contributed by atoms with E-state index in [1.807, 2.05) is 33.3 Å². The number of aryl methyl sites for hydroxylation is 2. The molecule has 16 heavy (non-hydrogen) atoms. The molecule has 2 rings (SSSR count). The maximum Gasteiger partial charge on any atom is 0.105 e. The number of hydrogen-bond donors (Lipinski definition) is 1. The molecule has 1 N–H and O–H groups in total. The molecule has 0 spiro atoms. The van der Waals surface area contributed by atoms with Crippen molar-refractivity contribution < 1.29 is 4.42 Å². The van der Waals surface area contributed by atoms with Gasteiger partial charge in [0.05, 0.1) is 12.0 Å². The van der Waals surface area contributed by atoms with Gasteiger partial charge in [0, 0.05) is 31.3 Å². The zero-order chi connectivity index (χ0) is 11.5. The summed E-state index contributed by atoms with van der Waals surface area (Å²) >= 11 is 0. The van der Waals surface area contributed by atoms with Crippen LogP contribution >= 0.6 is 0 Å². The quantitative estimate of drug-likeness (QED) is 0.841. The van der Waals surface area contributed by atoms with E-state index in [0.717, 1.165) is 17.9 Å². The smallest absolute Gasteiger partial charge is 0.105 e. The van der Waals surface area contributed by atoms with Crippen LogP contribution < -0.4 is 5.32 Å². The highest BCUT2D eigenvalue weighted by molar-refractivity contribution is 5.21. The molecule has 0 saturated carbocycles. The molecule has 0 amide bonds. The van der Waals surface area contributed by atoms with E-state index in [1.54, 1.807) is 10.9 Å². The molecule has 2 heterocycles. The summed E-state index contributed by atoms with van der Waals surface area (Å²) in [5, 5.41) is 11.3. The van der Waals surface area contributed by atoms with E-state index in [1.165, 1.54) is 5.56 Å². The van der Waals surface area contributed by atoms with E-state index in [9.17, 15) is 0 Å². The maximum absolute atomic E-state index is 5.31. The lowest BCUT2D eigenvalue weighted by molar-refractivity contribution is 0.510. The van der Waals surface area contributed by atoms with Gasteiger partial charge in [-0.1, -0.05) is 5.21 Å². The van der Waals surface area contributed by atoms with E-state index in [4.69, 9.17) is 4.42 Å². The molecule has 1 unspecified atom stereocenters. The third-order valence-corrected chi connectivity index (χ3v) is 2.69. The first-order valence-electron chi connectivity index (χ1n) is 5.27. The van der Waals surface area contributed by atoms with Gasteiger partial charge in [0.25, 0.3) is 0 Å². The minimum Gasteiger partial charge on any atom is -0.469 e. The predicted octanol–water partition coefficient (Wildman–Crippen LogP) is 1.22. The van der Waals surface area contributed by atoms with E-state index in [2.05, 4.69) is 15.6 Å². The highest BCUT2D eigenvalue weighted by Gasteiger charge is 2.15. The molecule has 2 aromatic rings. The first kappa shape index (κ1) is 10.9. The van der Waals surface area contributed by atoms with Crippen molar-refractivity contribution in [1.82, 2.24) is 20.3 Å². The molecule has 0 fully saturated rings. The number of rotatable bonds is 4. The van der Waals surface area contributed by atoms with Crippen LogP contribution in [0.25, 0.3) is 0 Å². The van der Waals surface area contributed by atoms with Crippen molar-refractivity contribution in [2.24, 2.45) is 7.05 Å². The lowest BCUT2D eigenvalue weighted by Gasteiger charge is -2.13. The Morgan fingerprint density at radius 1 is 1.56 bits per heavy atom. The average molecular weight is 220 g/mol. The number of furan rings is 1. The molecule has 0 aliphatic heterocycles. The maximum atomic E-state index is 5.31. The second kappa shape index (κ2) is 4.49. The molecule has 0 aliphatic carbocycles. The number of aromatic nitrogens is 3. The fourth-order valence-electron chi connectivity index (χ4n) is 1.82. The Labute approximate surface area is 94.5 Å². The predicted molar refractivity (Wildman–Crippen MR) is 60.0 cm³/mol. The van der Waals surface area contributed by atoms with Gasteiger partial charge in [0.1, 0.15) is 5.76 Å². The molecule has 0 bridgehead atoms. The van der Waals surface area contributed by atoms with Gasteiger partial charge in [-0.2, -0.15) is 0 Å². The highest BCUT2D eigenvalue weighted by Crippen LogP contribution is 2.21. The summed E-state index contributed by atoms with van der Waals surface area (Å²) in [6.07, 6.45) is 4.45. The Morgan fingerprint density at radius 2 is 2.38 bits per heavy atom. The van der Waals surface area contributed by atoms with Gasteiger partial charge in [0.15, 0.2) is 0 Å². The zero-order valence-electron chi connectivity index (χ0n) is 9.77. The molecule has 0 aliphatic rings. The summed E-state index contributed by atoms with van der Waals surface area (Å²) in [4.78, 5) is 0. The van der Waals surface area contributed by atoms with Crippen LogP contribution in [-0.2, 0) is 13.5 Å². The Hall–Kier alpha value is -1.62. The van der Waals surface area contributed by atoms with Crippen molar-refractivity contribution in [1.29, 1.82) is 0 Å². The Morgan fingerprint density at radius 3 is 2.88 bits per heavy atom. The Balaban J connectivity index is 2.15. The monoisotopic (exact) mass is 220 g/mol. The summed E-state index contributed by atoms with van der Waals surface area (Å²) in [7, 11) is 3.81. The van der Waals surface area contributed by atoms with Gasteiger partial charge in [-0.25, -0.2) is 0 Å². The summed E-state index contributed by atoms with van der Waals surface area (Å²) in [5.41, 5.74) is 2.15. The Bertz CT molecular complexity index is 460. The standard InChI is InChI=1S/C11H16N4O/c1-8-10(4-5-16-8)11(12-2)6-9-7-15(3)14-13-9/h4-5,7,11-12H,6H2,1-3H3. The van der Waals surface area contributed by atoms with Crippen LogP contribution in [0.5, 0.6) is 0 Å². The third kappa shape index (κ3) is 2.14. The number of nitrogens with zero attached hydrogens (tertiary/aromatic N) is 3. The van der Waals surface area contributed by atoms with E-state index in [0.29, 0.717) is 0 Å².